The summed E-state index contributed by atoms with van der Waals surface area (Å²) in [7, 11) is 0. The van der Waals surface area contributed by atoms with Crippen molar-refractivity contribution < 1.29 is 24.2 Å². The highest BCUT2D eigenvalue weighted by molar-refractivity contribution is 5.92. The maximum Gasteiger partial charge on any atom is 0.408 e. The van der Waals surface area contributed by atoms with Crippen LogP contribution < -0.4 is 5.32 Å². The van der Waals surface area contributed by atoms with Crippen LogP contribution in [-0.4, -0.2) is 53.2 Å². The van der Waals surface area contributed by atoms with Crippen molar-refractivity contribution in [1.82, 2.24) is 10.2 Å². The zero-order valence-corrected chi connectivity index (χ0v) is 20.0. The Labute approximate surface area is 200 Å². The van der Waals surface area contributed by atoms with E-state index in [0.29, 0.717) is 19.3 Å². The first-order valence-corrected chi connectivity index (χ1v) is 12.0. The van der Waals surface area contributed by atoms with E-state index < -0.39 is 23.0 Å². The maximum absolute atomic E-state index is 13.3. The topological polar surface area (TPSA) is 95.9 Å². The van der Waals surface area contributed by atoms with Gasteiger partial charge in [-0.2, -0.15) is 0 Å². The van der Waals surface area contributed by atoms with Crippen LogP contribution in [0.5, 0.6) is 0 Å². The van der Waals surface area contributed by atoms with Gasteiger partial charge >= 0.3 is 12.1 Å². The number of amides is 2. The molecule has 0 bridgehead atoms. The molecule has 180 valence electrons. The summed E-state index contributed by atoms with van der Waals surface area (Å²) in [6.07, 6.45) is 0.584. The lowest BCUT2D eigenvalue weighted by Crippen LogP contribution is -2.68. The molecule has 0 saturated carbocycles. The standard InChI is InChI=1S/C27H32N2O5/c1-4-26(24(31)32)16-29(17-26)23(30)27(5-2,6-3)28-25(33)34-15-22-20-13-9-7-11-18(20)19-12-8-10-14-21(19)22/h7-14,22H,4-6,15-17H2,1-3H3,(H,28,33)(H,31,32). The van der Waals surface area contributed by atoms with Gasteiger partial charge in [0, 0.05) is 19.0 Å². The van der Waals surface area contributed by atoms with Crippen LogP contribution in [0.3, 0.4) is 0 Å². The van der Waals surface area contributed by atoms with E-state index in [0.717, 1.165) is 22.3 Å². The molecule has 4 rings (SSSR count). The molecule has 34 heavy (non-hydrogen) atoms. The van der Waals surface area contributed by atoms with Gasteiger partial charge in [-0.05, 0) is 41.5 Å². The van der Waals surface area contributed by atoms with Crippen molar-refractivity contribution in [3.05, 3.63) is 59.7 Å². The Balaban J connectivity index is 1.44. The number of hydrogen-bond donors (Lipinski definition) is 2. The van der Waals surface area contributed by atoms with Crippen LogP contribution >= 0.6 is 0 Å². The van der Waals surface area contributed by atoms with Gasteiger partial charge in [0.15, 0.2) is 0 Å². The molecule has 2 aromatic rings. The van der Waals surface area contributed by atoms with E-state index in [4.69, 9.17) is 4.74 Å². The highest BCUT2D eigenvalue weighted by Crippen LogP contribution is 2.44. The monoisotopic (exact) mass is 464 g/mol. The Morgan fingerprint density at radius 2 is 1.53 bits per heavy atom. The van der Waals surface area contributed by atoms with Crippen molar-refractivity contribution in [2.45, 2.75) is 51.5 Å². The first kappa shape index (κ1) is 23.8. The minimum Gasteiger partial charge on any atom is -0.481 e. The van der Waals surface area contributed by atoms with E-state index in [-0.39, 0.29) is 31.5 Å². The second-order valence-electron chi connectivity index (χ2n) is 9.34. The SMILES string of the molecule is CCC1(C(=O)O)CN(C(=O)C(CC)(CC)NC(=O)OCC2c3ccccc3-c3ccccc32)C1. The number of hydrogen-bond acceptors (Lipinski definition) is 4. The summed E-state index contributed by atoms with van der Waals surface area (Å²) in [4.78, 5) is 39.4. The van der Waals surface area contributed by atoms with Gasteiger partial charge in [0.25, 0.3) is 0 Å². The van der Waals surface area contributed by atoms with Crippen molar-refractivity contribution in [2.75, 3.05) is 19.7 Å². The van der Waals surface area contributed by atoms with E-state index in [1.54, 1.807) is 0 Å². The third-order valence-corrected chi connectivity index (χ3v) is 7.71. The molecule has 1 heterocycles. The average Bonchev–Trinajstić information content (AvgIpc) is 3.14. The van der Waals surface area contributed by atoms with Crippen LogP contribution in [0.15, 0.2) is 48.5 Å². The number of fused-ring (bicyclic) bond motifs is 3. The van der Waals surface area contributed by atoms with Crippen molar-refractivity contribution in [3.8, 4) is 11.1 Å². The number of nitrogens with zero attached hydrogens (tertiary/aromatic N) is 1. The summed E-state index contributed by atoms with van der Waals surface area (Å²) < 4.78 is 5.67. The molecule has 2 aromatic carbocycles. The quantitative estimate of drug-likeness (QED) is 0.603. The predicted octanol–water partition coefficient (Wildman–Crippen LogP) is 4.41. The minimum atomic E-state index is -1.12. The van der Waals surface area contributed by atoms with Crippen LogP contribution in [0.4, 0.5) is 4.79 Å². The number of carbonyl (C=O) groups excluding carboxylic acids is 2. The normalized spacial score (nSPS) is 16.3. The van der Waals surface area contributed by atoms with Gasteiger partial charge in [-0.15, -0.1) is 0 Å². The van der Waals surface area contributed by atoms with Crippen LogP contribution in [0.2, 0.25) is 0 Å². The molecule has 0 unspecified atom stereocenters. The second kappa shape index (κ2) is 9.12. The van der Waals surface area contributed by atoms with E-state index in [1.807, 2.05) is 45.0 Å². The third-order valence-electron chi connectivity index (χ3n) is 7.71. The molecule has 1 aliphatic carbocycles. The Morgan fingerprint density at radius 3 is 2.00 bits per heavy atom. The molecular formula is C27H32N2O5. The van der Waals surface area contributed by atoms with E-state index in [2.05, 4.69) is 29.6 Å². The van der Waals surface area contributed by atoms with Gasteiger partial charge in [-0.1, -0.05) is 69.3 Å². The zero-order valence-electron chi connectivity index (χ0n) is 20.0. The van der Waals surface area contributed by atoms with Gasteiger partial charge in [0.2, 0.25) is 5.91 Å². The molecule has 0 atom stereocenters. The number of alkyl carbamates (subject to hydrolysis) is 1. The number of benzene rings is 2. The molecule has 0 spiro atoms. The number of nitrogens with one attached hydrogen (secondary N) is 1. The summed E-state index contributed by atoms with van der Waals surface area (Å²) in [6.45, 7) is 5.99. The van der Waals surface area contributed by atoms with E-state index >= 15 is 0 Å². The summed E-state index contributed by atoms with van der Waals surface area (Å²) in [5.74, 6) is -1.21. The molecule has 1 fully saturated rings. The first-order chi connectivity index (χ1) is 16.3. The third kappa shape index (κ3) is 3.83. The van der Waals surface area contributed by atoms with Crippen LogP contribution in [0.25, 0.3) is 11.1 Å². The van der Waals surface area contributed by atoms with Gasteiger partial charge < -0.3 is 20.1 Å². The molecule has 1 saturated heterocycles. The fourth-order valence-corrected chi connectivity index (χ4v) is 5.25. The minimum absolute atomic E-state index is 0.0670. The number of carboxylic acid groups (broad SMARTS) is 1. The summed E-state index contributed by atoms with van der Waals surface area (Å²) in [6, 6.07) is 16.2. The highest BCUT2D eigenvalue weighted by Gasteiger charge is 2.53. The number of carboxylic acids is 1. The molecule has 2 amide bonds. The smallest absolute Gasteiger partial charge is 0.408 e. The van der Waals surface area contributed by atoms with Gasteiger partial charge in [-0.25, -0.2) is 4.79 Å². The predicted molar refractivity (Wildman–Crippen MR) is 128 cm³/mol. The van der Waals surface area contributed by atoms with Crippen LogP contribution in [0.1, 0.15) is 57.1 Å². The average molecular weight is 465 g/mol. The Kier molecular flexibility index (Phi) is 6.39. The molecule has 2 N–H and O–H groups in total. The first-order valence-electron chi connectivity index (χ1n) is 12.0. The molecule has 1 aliphatic heterocycles. The number of aliphatic carboxylic acids is 1. The molecule has 0 radical (unpaired) electrons. The van der Waals surface area contributed by atoms with Crippen molar-refractivity contribution >= 4 is 18.0 Å². The number of carbonyl (C=O) groups is 3. The lowest BCUT2D eigenvalue weighted by atomic mass is 9.76. The maximum atomic E-state index is 13.3. The lowest BCUT2D eigenvalue weighted by Gasteiger charge is -2.50. The lowest BCUT2D eigenvalue weighted by molar-refractivity contribution is -0.169. The molecule has 2 aliphatic rings. The van der Waals surface area contributed by atoms with Gasteiger partial charge in [-0.3, -0.25) is 9.59 Å². The highest BCUT2D eigenvalue weighted by atomic mass is 16.5. The van der Waals surface area contributed by atoms with E-state index in [9.17, 15) is 19.5 Å². The Morgan fingerprint density at radius 1 is 1.00 bits per heavy atom. The Bertz CT molecular complexity index is 1060. The van der Waals surface area contributed by atoms with Gasteiger partial charge in [0.1, 0.15) is 17.6 Å². The molecule has 7 nitrogen and oxygen atoms in total. The number of ether oxygens (including phenoxy) is 1. The van der Waals surface area contributed by atoms with Crippen molar-refractivity contribution in [1.29, 1.82) is 0 Å². The number of rotatable bonds is 8. The number of likely N-dealkylation sites (tertiary alicyclic amines) is 1. The largest absolute Gasteiger partial charge is 0.481 e. The zero-order chi connectivity index (χ0) is 24.5. The summed E-state index contributed by atoms with van der Waals surface area (Å²) in [5.41, 5.74) is 2.52. The summed E-state index contributed by atoms with van der Waals surface area (Å²) in [5, 5.41) is 12.4. The second-order valence-corrected chi connectivity index (χ2v) is 9.34. The summed E-state index contributed by atoms with van der Waals surface area (Å²) >= 11 is 0. The van der Waals surface area contributed by atoms with Gasteiger partial charge in [0.05, 0.1) is 0 Å². The van der Waals surface area contributed by atoms with Crippen molar-refractivity contribution in [2.24, 2.45) is 5.41 Å². The van der Waals surface area contributed by atoms with E-state index in [1.165, 1.54) is 4.90 Å². The molecular weight excluding hydrogens is 432 g/mol. The van der Waals surface area contributed by atoms with Crippen LogP contribution in [0, 0.1) is 5.41 Å². The molecule has 7 heteroatoms. The fraction of sp³-hybridized carbons (Fsp3) is 0.444. The van der Waals surface area contributed by atoms with Crippen molar-refractivity contribution in [3.63, 3.8) is 0 Å². The van der Waals surface area contributed by atoms with Crippen LogP contribution in [-0.2, 0) is 14.3 Å². The molecule has 0 aromatic heterocycles. The Hall–Kier alpha value is -3.35. The fourth-order valence-electron chi connectivity index (χ4n) is 5.25.